The molecular formula is C27H35Br2N3O. The molecule has 178 valence electrons. The van der Waals surface area contributed by atoms with Gasteiger partial charge >= 0.3 is 0 Å². The number of halogens is 2. The van der Waals surface area contributed by atoms with Gasteiger partial charge in [0.2, 0.25) is 0 Å². The molecule has 6 rings (SSSR count). The number of benzene rings is 2. The number of nitrogens with one attached hydrogen (secondary N) is 1. The molecule has 2 saturated carbocycles. The summed E-state index contributed by atoms with van der Waals surface area (Å²) in [4.78, 5) is 2.34. The van der Waals surface area contributed by atoms with Crippen LogP contribution in [0.2, 0.25) is 0 Å². The summed E-state index contributed by atoms with van der Waals surface area (Å²) in [6.07, 6.45) is 8.91. The smallest absolute Gasteiger partial charge is 0.0845 e. The van der Waals surface area contributed by atoms with Gasteiger partial charge in [-0.05, 0) is 48.2 Å². The average molecular weight is 577 g/mol. The van der Waals surface area contributed by atoms with Crippen molar-refractivity contribution in [2.24, 2.45) is 11.8 Å². The lowest BCUT2D eigenvalue weighted by atomic mass is 9.67. The van der Waals surface area contributed by atoms with Crippen molar-refractivity contribution in [3.8, 4) is 0 Å². The number of β-amino-alcohol motifs (C(OH)–C–C–N with tert-alkyl or cyclic N) is 1. The quantitative estimate of drug-likeness (QED) is 0.381. The third kappa shape index (κ3) is 5.51. The van der Waals surface area contributed by atoms with Gasteiger partial charge in [0, 0.05) is 63.5 Å². The Morgan fingerprint density at radius 1 is 0.818 bits per heavy atom. The third-order valence-electron chi connectivity index (χ3n) is 7.83. The average Bonchev–Trinajstić information content (AvgIpc) is 3.02. The fraction of sp³-hybridized carbons (Fsp3) is 0.556. The Kier molecular flexibility index (Phi) is 7.77. The van der Waals surface area contributed by atoms with Crippen molar-refractivity contribution in [2.45, 2.75) is 51.2 Å². The van der Waals surface area contributed by atoms with E-state index in [2.05, 4.69) is 83.0 Å². The van der Waals surface area contributed by atoms with Crippen LogP contribution in [-0.2, 0) is 6.54 Å². The minimum absolute atomic E-state index is 0.385. The first-order chi connectivity index (χ1) is 16.1. The van der Waals surface area contributed by atoms with Crippen LogP contribution < -0.4 is 5.32 Å². The number of piperazine rings is 1. The molecule has 3 fully saturated rings. The molecule has 0 radical (unpaired) electrons. The van der Waals surface area contributed by atoms with E-state index in [1.807, 2.05) is 0 Å². The summed E-state index contributed by atoms with van der Waals surface area (Å²) >= 11 is 7.16. The predicted molar refractivity (Wildman–Crippen MR) is 145 cm³/mol. The lowest BCUT2D eigenvalue weighted by Crippen LogP contribution is -2.46. The summed E-state index contributed by atoms with van der Waals surface area (Å²) < 4.78 is 4.39. The van der Waals surface area contributed by atoms with Crippen LogP contribution in [0.25, 0.3) is 21.8 Å². The fourth-order valence-corrected chi connectivity index (χ4v) is 6.25. The van der Waals surface area contributed by atoms with Gasteiger partial charge < -0.3 is 15.0 Å². The summed E-state index contributed by atoms with van der Waals surface area (Å²) in [5, 5.41) is 16.5. The predicted octanol–water partition coefficient (Wildman–Crippen LogP) is 6.17. The maximum atomic E-state index is 10.7. The molecule has 4 nitrogen and oxygen atoms in total. The molecule has 2 heterocycles. The number of hydrogen-bond donors (Lipinski definition) is 2. The standard InChI is InChI=1S/C19H21Br2N3O.C8H14/c20-13-1-3-18-16(9-13)17-10-14(21)2-4-19(17)24(18)12-15(25)11-23-7-5-22-6-8-23;1-3-7(4-1)8-5-2-6-8/h1-4,9-10,15,22,25H,5-8,11-12H2;7-8H,1-6H2. The summed E-state index contributed by atoms with van der Waals surface area (Å²) in [6.45, 7) is 5.34. The van der Waals surface area contributed by atoms with Crippen LogP contribution in [-0.4, -0.2) is 53.4 Å². The van der Waals surface area contributed by atoms with Crippen LogP contribution in [0.3, 0.4) is 0 Å². The van der Waals surface area contributed by atoms with E-state index in [4.69, 9.17) is 0 Å². The first-order valence-electron chi connectivity index (χ1n) is 12.6. The highest BCUT2D eigenvalue weighted by Gasteiger charge is 2.30. The van der Waals surface area contributed by atoms with Crippen LogP contribution >= 0.6 is 31.9 Å². The van der Waals surface area contributed by atoms with E-state index in [0.29, 0.717) is 6.54 Å². The van der Waals surface area contributed by atoms with E-state index >= 15 is 0 Å². The Bertz CT molecular complexity index is 1010. The number of hydrogen-bond acceptors (Lipinski definition) is 3. The highest BCUT2D eigenvalue weighted by atomic mass is 79.9. The van der Waals surface area contributed by atoms with Crippen LogP contribution in [0.1, 0.15) is 38.5 Å². The zero-order valence-electron chi connectivity index (χ0n) is 19.3. The number of fused-ring (bicyclic) bond motifs is 3. The molecule has 1 aliphatic heterocycles. The van der Waals surface area contributed by atoms with Gasteiger partial charge in [-0.1, -0.05) is 70.4 Å². The van der Waals surface area contributed by atoms with Crippen molar-refractivity contribution in [2.75, 3.05) is 32.7 Å². The maximum Gasteiger partial charge on any atom is 0.0845 e. The third-order valence-corrected chi connectivity index (χ3v) is 8.81. The Labute approximate surface area is 214 Å². The molecule has 2 aliphatic carbocycles. The first-order valence-corrected chi connectivity index (χ1v) is 14.2. The van der Waals surface area contributed by atoms with E-state index in [0.717, 1.165) is 52.7 Å². The van der Waals surface area contributed by atoms with Gasteiger partial charge in [0.15, 0.2) is 0 Å². The van der Waals surface area contributed by atoms with Crippen molar-refractivity contribution >= 4 is 53.7 Å². The normalized spacial score (nSPS) is 20.8. The van der Waals surface area contributed by atoms with Crippen molar-refractivity contribution in [3.05, 3.63) is 45.3 Å². The zero-order chi connectivity index (χ0) is 22.8. The van der Waals surface area contributed by atoms with Gasteiger partial charge in [-0.25, -0.2) is 0 Å². The van der Waals surface area contributed by atoms with E-state index in [1.165, 1.54) is 35.4 Å². The van der Waals surface area contributed by atoms with E-state index in [9.17, 15) is 5.11 Å². The van der Waals surface area contributed by atoms with Gasteiger partial charge in [-0.15, -0.1) is 0 Å². The molecule has 3 aromatic rings. The van der Waals surface area contributed by atoms with Gasteiger partial charge in [-0.3, -0.25) is 4.90 Å². The number of rotatable bonds is 5. The molecular weight excluding hydrogens is 542 g/mol. The number of nitrogens with zero attached hydrogens (tertiary/aromatic N) is 2. The zero-order valence-corrected chi connectivity index (χ0v) is 22.5. The minimum Gasteiger partial charge on any atom is -0.390 e. The second-order valence-corrected chi connectivity index (χ2v) is 11.9. The lowest BCUT2D eigenvalue weighted by Gasteiger charge is -2.39. The Balaban J connectivity index is 0.000000238. The monoisotopic (exact) mass is 575 g/mol. The molecule has 2 N–H and O–H groups in total. The molecule has 1 atom stereocenters. The molecule has 1 saturated heterocycles. The summed E-state index contributed by atoms with van der Waals surface area (Å²) in [5.41, 5.74) is 2.33. The number of aliphatic hydroxyl groups excluding tert-OH is 1. The molecule has 1 unspecified atom stereocenters. The molecule has 6 heteroatoms. The van der Waals surface area contributed by atoms with Crippen LogP contribution in [0.15, 0.2) is 45.3 Å². The van der Waals surface area contributed by atoms with Gasteiger partial charge in [0.1, 0.15) is 0 Å². The lowest BCUT2D eigenvalue weighted by molar-refractivity contribution is 0.0936. The summed E-state index contributed by atoms with van der Waals surface area (Å²) in [5.74, 6) is 2.37. The van der Waals surface area contributed by atoms with E-state index in [-0.39, 0.29) is 6.10 Å². The minimum atomic E-state index is -0.385. The second kappa shape index (κ2) is 10.8. The van der Waals surface area contributed by atoms with Gasteiger partial charge in [0.05, 0.1) is 12.6 Å². The molecule has 0 amide bonds. The van der Waals surface area contributed by atoms with Crippen molar-refractivity contribution in [3.63, 3.8) is 0 Å². The second-order valence-electron chi connectivity index (χ2n) is 10.0. The molecule has 0 bridgehead atoms. The molecule has 3 aliphatic rings. The summed E-state index contributed by atoms with van der Waals surface area (Å²) in [6, 6.07) is 12.7. The maximum absolute atomic E-state index is 10.7. The highest BCUT2D eigenvalue weighted by Crippen LogP contribution is 2.43. The fourth-order valence-electron chi connectivity index (χ4n) is 5.53. The van der Waals surface area contributed by atoms with Crippen molar-refractivity contribution < 1.29 is 5.11 Å². The Morgan fingerprint density at radius 2 is 1.33 bits per heavy atom. The van der Waals surface area contributed by atoms with Crippen LogP contribution in [0.4, 0.5) is 0 Å². The molecule has 2 aromatic carbocycles. The topological polar surface area (TPSA) is 40.4 Å². The SMILES string of the molecule is C1CC(C2CCC2)C1.OC(CN1CCNCC1)Cn1c2ccc(Br)cc2c2cc(Br)ccc21. The molecule has 33 heavy (non-hydrogen) atoms. The van der Waals surface area contributed by atoms with Crippen LogP contribution in [0, 0.1) is 11.8 Å². The Morgan fingerprint density at radius 3 is 1.79 bits per heavy atom. The molecule has 0 spiro atoms. The number of aliphatic hydroxyl groups is 1. The molecule has 1 aromatic heterocycles. The van der Waals surface area contributed by atoms with E-state index < -0.39 is 0 Å². The summed E-state index contributed by atoms with van der Waals surface area (Å²) in [7, 11) is 0. The van der Waals surface area contributed by atoms with Gasteiger partial charge in [0.25, 0.3) is 0 Å². The number of aromatic nitrogens is 1. The van der Waals surface area contributed by atoms with Crippen molar-refractivity contribution in [1.29, 1.82) is 0 Å². The first kappa shape index (κ1) is 23.8. The van der Waals surface area contributed by atoms with E-state index in [1.54, 1.807) is 25.7 Å². The largest absolute Gasteiger partial charge is 0.390 e. The van der Waals surface area contributed by atoms with Crippen LogP contribution in [0.5, 0.6) is 0 Å². The highest BCUT2D eigenvalue weighted by molar-refractivity contribution is 9.10. The van der Waals surface area contributed by atoms with Crippen molar-refractivity contribution in [1.82, 2.24) is 14.8 Å². The van der Waals surface area contributed by atoms with Gasteiger partial charge in [-0.2, -0.15) is 0 Å². The Hall–Kier alpha value is -0.920.